The zero-order valence-corrected chi connectivity index (χ0v) is 13.5. The van der Waals surface area contributed by atoms with Crippen molar-refractivity contribution in [2.45, 2.75) is 38.9 Å². The molecule has 0 fully saturated rings. The van der Waals surface area contributed by atoms with Gasteiger partial charge < -0.3 is 5.11 Å². The summed E-state index contributed by atoms with van der Waals surface area (Å²) in [5.41, 5.74) is 1.24. The number of thioether (sulfide) groups is 1. The lowest BCUT2D eigenvalue weighted by Crippen LogP contribution is -2.11. The van der Waals surface area contributed by atoms with Crippen LogP contribution in [-0.2, 0) is 4.79 Å². The summed E-state index contributed by atoms with van der Waals surface area (Å²) in [6, 6.07) is 2.28. The van der Waals surface area contributed by atoms with Crippen molar-refractivity contribution >= 4 is 29.1 Å². The SMILES string of the molecule is Cc1cc(C(C)n2c(C)nnc2SCC(=O)O)c(C)s1. The molecule has 0 bridgehead atoms. The highest BCUT2D eigenvalue weighted by atomic mass is 32.2. The van der Waals surface area contributed by atoms with E-state index in [-0.39, 0.29) is 11.8 Å². The molecule has 0 aromatic carbocycles. The monoisotopic (exact) mass is 311 g/mol. The maximum Gasteiger partial charge on any atom is 0.313 e. The van der Waals surface area contributed by atoms with Gasteiger partial charge in [-0.25, -0.2) is 0 Å². The highest BCUT2D eigenvalue weighted by molar-refractivity contribution is 7.99. The normalized spacial score (nSPS) is 12.6. The zero-order valence-electron chi connectivity index (χ0n) is 11.9. The number of hydrogen-bond donors (Lipinski definition) is 1. The number of carbonyl (C=O) groups is 1. The zero-order chi connectivity index (χ0) is 14.9. The molecule has 0 radical (unpaired) electrons. The number of carboxylic acid groups (broad SMARTS) is 1. The first kappa shape index (κ1) is 15.1. The third kappa shape index (κ3) is 3.04. The van der Waals surface area contributed by atoms with Gasteiger partial charge in [0.2, 0.25) is 0 Å². The van der Waals surface area contributed by atoms with Gasteiger partial charge in [0, 0.05) is 9.75 Å². The largest absolute Gasteiger partial charge is 0.481 e. The van der Waals surface area contributed by atoms with Crippen LogP contribution in [0.2, 0.25) is 0 Å². The summed E-state index contributed by atoms with van der Waals surface area (Å²) in [4.78, 5) is 13.3. The number of aromatic nitrogens is 3. The average molecular weight is 311 g/mol. The van der Waals surface area contributed by atoms with Crippen LogP contribution < -0.4 is 0 Å². The Morgan fingerprint density at radius 2 is 2.15 bits per heavy atom. The molecule has 2 heterocycles. The van der Waals surface area contributed by atoms with Crippen LogP contribution in [0.3, 0.4) is 0 Å². The first-order valence-corrected chi connectivity index (χ1v) is 8.03. The molecule has 0 aliphatic carbocycles. The van der Waals surface area contributed by atoms with Gasteiger partial charge in [0.1, 0.15) is 5.82 Å². The Balaban J connectivity index is 2.34. The second-order valence-electron chi connectivity index (χ2n) is 4.63. The highest BCUT2D eigenvalue weighted by Crippen LogP contribution is 2.31. The lowest BCUT2D eigenvalue weighted by atomic mass is 10.1. The van der Waals surface area contributed by atoms with E-state index in [1.807, 2.05) is 11.5 Å². The van der Waals surface area contributed by atoms with Crippen LogP contribution in [0.15, 0.2) is 11.2 Å². The fraction of sp³-hybridized carbons (Fsp3) is 0.462. The molecule has 0 aliphatic heterocycles. The van der Waals surface area contributed by atoms with Crippen LogP contribution in [0.5, 0.6) is 0 Å². The van der Waals surface area contributed by atoms with Gasteiger partial charge in [0.05, 0.1) is 11.8 Å². The second kappa shape index (κ2) is 5.97. The topological polar surface area (TPSA) is 68.0 Å². The molecule has 5 nitrogen and oxygen atoms in total. The molecule has 0 spiro atoms. The highest BCUT2D eigenvalue weighted by Gasteiger charge is 2.20. The van der Waals surface area contributed by atoms with Crippen LogP contribution in [0.1, 0.15) is 34.1 Å². The summed E-state index contributed by atoms with van der Waals surface area (Å²) in [7, 11) is 0. The first-order chi connectivity index (χ1) is 9.40. The lowest BCUT2D eigenvalue weighted by Gasteiger charge is -2.16. The molecule has 2 aromatic rings. The van der Waals surface area contributed by atoms with Gasteiger partial charge in [-0.2, -0.15) is 0 Å². The van der Waals surface area contributed by atoms with Crippen LogP contribution in [-0.4, -0.2) is 31.6 Å². The van der Waals surface area contributed by atoms with Crippen molar-refractivity contribution in [1.29, 1.82) is 0 Å². The summed E-state index contributed by atoms with van der Waals surface area (Å²) < 4.78 is 2.00. The molecule has 2 aromatic heterocycles. The van der Waals surface area contributed by atoms with E-state index in [4.69, 9.17) is 5.11 Å². The summed E-state index contributed by atoms with van der Waals surface area (Å²) in [5.74, 6) is -0.0574. The minimum absolute atomic E-state index is 0.00744. The fourth-order valence-corrected chi connectivity index (χ4v) is 4.02. The number of hydrogen-bond acceptors (Lipinski definition) is 5. The number of carboxylic acids is 1. The van der Waals surface area contributed by atoms with E-state index in [1.165, 1.54) is 27.1 Å². The smallest absolute Gasteiger partial charge is 0.313 e. The van der Waals surface area contributed by atoms with E-state index < -0.39 is 5.97 Å². The Morgan fingerprint density at radius 3 is 2.70 bits per heavy atom. The molecule has 20 heavy (non-hydrogen) atoms. The van der Waals surface area contributed by atoms with Crippen LogP contribution >= 0.6 is 23.1 Å². The van der Waals surface area contributed by atoms with Gasteiger partial charge in [0.15, 0.2) is 5.16 Å². The van der Waals surface area contributed by atoms with Gasteiger partial charge in [-0.1, -0.05) is 11.8 Å². The quantitative estimate of drug-likeness (QED) is 0.860. The molecule has 0 saturated carbocycles. The molecular weight excluding hydrogens is 294 g/mol. The number of nitrogens with zero attached hydrogens (tertiary/aromatic N) is 3. The van der Waals surface area contributed by atoms with Gasteiger partial charge in [-0.15, -0.1) is 21.5 Å². The number of aryl methyl sites for hydroxylation is 3. The van der Waals surface area contributed by atoms with E-state index in [2.05, 4.69) is 37.0 Å². The molecule has 108 valence electrons. The predicted octanol–water partition coefficient (Wildman–Crippen LogP) is 3.05. The molecule has 1 unspecified atom stereocenters. The van der Waals surface area contributed by atoms with Crippen LogP contribution in [0.4, 0.5) is 0 Å². The van der Waals surface area contributed by atoms with E-state index in [0.29, 0.717) is 5.16 Å². The number of aliphatic carboxylic acids is 1. The lowest BCUT2D eigenvalue weighted by molar-refractivity contribution is -0.133. The fourth-order valence-electron chi connectivity index (χ4n) is 2.22. The average Bonchev–Trinajstić information content (AvgIpc) is 2.89. The van der Waals surface area contributed by atoms with Crippen molar-refractivity contribution in [2.75, 3.05) is 5.75 Å². The summed E-state index contributed by atoms with van der Waals surface area (Å²) in [5, 5.41) is 17.6. The summed E-state index contributed by atoms with van der Waals surface area (Å²) >= 11 is 2.97. The molecule has 1 atom stereocenters. The molecule has 0 amide bonds. The standard InChI is InChI=1S/C13H17N3O2S2/c1-7-5-11(9(3)20-7)8(2)16-10(4)14-15-13(16)19-6-12(17)18/h5,8H,6H2,1-4H3,(H,17,18). The molecular formula is C13H17N3O2S2. The summed E-state index contributed by atoms with van der Waals surface area (Å²) in [6.07, 6.45) is 0. The molecule has 2 rings (SSSR count). The van der Waals surface area contributed by atoms with E-state index >= 15 is 0 Å². The maximum atomic E-state index is 10.7. The molecule has 0 saturated heterocycles. The van der Waals surface area contributed by atoms with Gasteiger partial charge >= 0.3 is 5.97 Å². The predicted molar refractivity (Wildman–Crippen MR) is 80.7 cm³/mol. The van der Waals surface area contributed by atoms with Crippen molar-refractivity contribution in [2.24, 2.45) is 0 Å². The molecule has 0 aliphatic rings. The van der Waals surface area contributed by atoms with Gasteiger partial charge in [-0.3, -0.25) is 9.36 Å². The minimum atomic E-state index is -0.850. The van der Waals surface area contributed by atoms with Crippen molar-refractivity contribution < 1.29 is 9.90 Å². The first-order valence-electron chi connectivity index (χ1n) is 6.23. The van der Waals surface area contributed by atoms with Gasteiger partial charge in [0.25, 0.3) is 0 Å². The Labute approximate surface area is 126 Å². The third-order valence-electron chi connectivity index (χ3n) is 3.08. The van der Waals surface area contributed by atoms with Gasteiger partial charge in [-0.05, 0) is 39.3 Å². The van der Waals surface area contributed by atoms with E-state index in [9.17, 15) is 4.79 Å². The van der Waals surface area contributed by atoms with Crippen LogP contribution in [0.25, 0.3) is 0 Å². The Hall–Kier alpha value is -1.34. The Morgan fingerprint density at radius 1 is 1.45 bits per heavy atom. The summed E-state index contributed by atoms with van der Waals surface area (Å²) in [6.45, 7) is 8.18. The van der Waals surface area contributed by atoms with Crippen molar-refractivity contribution in [1.82, 2.24) is 14.8 Å². The number of rotatable bonds is 5. The van der Waals surface area contributed by atoms with E-state index in [1.54, 1.807) is 11.3 Å². The number of thiophene rings is 1. The molecule has 1 N–H and O–H groups in total. The maximum absolute atomic E-state index is 10.7. The second-order valence-corrected chi connectivity index (χ2v) is 7.03. The van der Waals surface area contributed by atoms with E-state index in [0.717, 1.165) is 5.82 Å². The minimum Gasteiger partial charge on any atom is -0.481 e. The molecule has 7 heteroatoms. The third-order valence-corrected chi connectivity index (χ3v) is 4.99. The van der Waals surface area contributed by atoms with Crippen molar-refractivity contribution in [3.05, 3.63) is 27.2 Å². The Kier molecular flexibility index (Phi) is 4.49. The Bertz CT molecular complexity index is 634. The van der Waals surface area contributed by atoms with Crippen molar-refractivity contribution in [3.8, 4) is 0 Å². The van der Waals surface area contributed by atoms with Crippen molar-refractivity contribution in [3.63, 3.8) is 0 Å². The van der Waals surface area contributed by atoms with Crippen LogP contribution in [0, 0.1) is 20.8 Å².